The molecule has 5 nitrogen and oxygen atoms in total. The van der Waals surface area contributed by atoms with Crippen LogP contribution in [-0.2, 0) is 9.59 Å². The fourth-order valence-corrected chi connectivity index (χ4v) is 4.59. The molecule has 2 atom stereocenters. The Morgan fingerprint density at radius 3 is 2.52 bits per heavy atom. The molecule has 1 aromatic carbocycles. The van der Waals surface area contributed by atoms with E-state index in [1.54, 1.807) is 18.2 Å². The highest BCUT2D eigenvalue weighted by Gasteiger charge is 2.72. The highest BCUT2D eigenvalue weighted by atomic mass is 16.7. The predicted octanol–water partition coefficient (Wildman–Crippen LogP) is 3.14. The van der Waals surface area contributed by atoms with Crippen LogP contribution in [0.25, 0.3) is 0 Å². The van der Waals surface area contributed by atoms with Gasteiger partial charge in [-0.25, -0.2) is 0 Å². The Kier molecular flexibility index (Phi) is 2.70. The van der Waals surface area contributed by atoms with E-state index >= 15 is 0 Å². The number of hydrogen-bond donors (Lipinski definition) is 1. The average Bonchev–Trinajstić information content (AvgIpc) is 3.08. The van der Waals surface area contributed by atoms with Crippen molar-refractivity contribution in [3.8, 4) is 11.5 Å². The minimum atomic E-state index is -0.616. The first-order valence-electron chi connectivity index (χ1n) is 8.05. The molecule has 4 rings (SSSR count). The number of fused-ring (bicyclic) bond motifs is 3. The summed E-state index contributed by atoms with van der Waals surface area (Å²) >= 11 is 0. The summed E-state index contributed by atoms with van der Waals surface area (Å²) in [7, 11) is 0. The topological polar surface area (TPSA) is 64.6 Å². The van der Waals surface area contributed by atoms with Gasteiger partial charge in [-0.15, -0.1) is 0 Å². The average molecular weight is 315 g/mol. The summed E-state index contributed by atoms with van der Waals surface area (Å²) < 4.78 is 10.6. The monoisotopic (exact) mass is 315 g/mol. The minimum absolute atomic E-state index is 0.0593. The van der Waals surface area contributed by atoms with E-state index in [4.69, 9.17) is 9.47 Å². The van der Waals surface area contributed by atoms with Gasteiger partial charge in [0.2, 0.25) is 12.7 Å². The van der Waals surface area contributed by atoms with E-state index in [1.165, 1.54) is 0 Å². The molecule has 0 saturated heterocycles. The molecule has 2 bridgehead atoms. The fourth-order valence-electron chi connectivity index (χ4n) is 4.59. The summed E-state index contributed by atoms with van der Waals surface area (Å²) in [4.78, 5) is 25.5. The van der Waals surface area contributed by atoms with Crippen LogP contribution in [0.2, 0.25) is 0 Å². The maximum absolute atomic E-state index is 13.1. The second-order valence-corrected chi connectivity index (χ2v) is 7.66. The SMILES string of the molecule is CC1(C)[C@@]2(C(=O)Nc3ccc4c(c3)OCO4)CC[C@]1(C)C(=O)C2. The lowest BCUT2D eigenvalue weighted by Gasteiger charge is -2.38. The number of nitrogens with one attached hydrogen (secondary N) is 1. The molecule has 122 valence electrons. The maximum atomic E-state index is 13.1. The quantitative estimate of drug-likeness (QED) is 0.910. The Hall–Kier alpha value is -2.04. The molecule has 1 aromatic rings. The zero-order valence-electron chi connectivity index (χ0n) is 13.7. The number of rotatable bonds is 2. The van der Waals surface area contributed by atoms with E-state index in [0.29, 0.717) is 23.6 Å². The van der Waals surface area contributed by atoms with E-state index in [2.05, 4.69) is 19.2 Å². The van der Waals surface area contributed by atoms with Crippen LogP contribution in [-0.4, -0.2) is 18.5 Å². The van der Waals surface area contributed by atoms with Crippen LogP contribution in [0.5, 0.6) is 11.5 Å². The lowest BCUT2D eigenvalue weighted by Crippen LogP contribution is -2.43. The Balaban J connectivity index is 1.64. The molecule has 1 aliphatic heterocycles. The Morgan fingerprint density at radius 2 is 1.87 bits per heavy atom. The number of anilines is 1. The third-order valence-electron chi connectivity index (χ3n) is 6.77. The normalized spacial score (nSPS) is 33.1. The molecular weight excluding hydrogens is 294 g/mol. The van der Waals surface area contributed by atoms with Crippen molar-refractivity contribution in [3.63, 3.8) is 0 Å². The first-order chi connectivity index (χ1) is 10.8. The molecule has 3 aliphatic rings. The standard InChI is InChI=1S/C18H21NO4/c1-16(2)17(3)6-7-18(16,9-14(17)20)15(21)19-11-4-5-12-13(8-11)23-10-22-12/h4-5,8H,6-7,9-10H2,1-3H3,(H,19,21)/t17-,18+/m1/s1. The summed E-state index contributed by atoms with van der Waals surface area (Å²) in [5, 5.41) is 3.00. The van der Waals surface area contributed by atoms with Crippen LogP contribution in [0.3, 0.4) is 0 Å². The van der Waals surface area contributed by atoms with Gasteiger partial charge >= 0.3 is 0 Å². The van der Waals surface area contributed by atoms with Gasteiger partial charge in [-0.3, -0.25) is 9.59 Å². The molecule has 2 fully saturated rings. The molecule has 0 spiro atoms. The minimum Gasteiger partial charge on any atom is -0.454 e. The van der Waals surface area contributed by atoms with Crippen molar-refractivity contribution in [1.29, 1.82) is 0 Å². The zero-order chi connectivity index (χ0) is 16.5. The number of amides is 1. The molecule has 5 heteroatoms. The van der Waals surface area contributed by atoms with E-state index in [-0.39, 0.29) is 29.3 Å². The van der Waals surface area contributed by atoms with Gasteiger partial charge in [-0.2, -0.15) is 0 Å². The third kappa shape index (κ3) is 1.62. The van der Waals surface area contributed by atoms with Crippen molar-refractivity contribution in [2.24, 2.45) is 16.2 Å². The fraction of sp³-hybridized carbons (Fsp3) is 0.556. The highest BCUT2D eigenvalue weighted by Crippen LogP contribution is 2.70. The number of ketones is 1. The molecular formula is C18H21NO4. The van der Waals surface area contributed by atoms with E-state index < -0.39 is 5.41 Å². The summed E-state index contributed by atoms with van der Waals surface area (Å²) in [5.74, 6) is 1.48. The van der Waals surface area contributed by atoms with Crippen LogP contribution in [0.15, 0.2) is 18.2 Å². The van der Waals surface area contributed by atoms with Crippen LogP contribution in [0.4, 0.5) is 5.69 Å². The number of carbonyl (C=O) groups excluding carboxylic acids is 2. The number of hydrogen-bond acceptors (Lipinski definition) is 4. The second-order valence-electron chi connectivity index (χ2n) is 7.66. The van der Waals surface area contributed by atoms with Gasteiger partial charge in [0.05, 0.1) is 5.41 Å². The van der Waals surface area contributed by atoms with Crippen LogP contribution < -0.4 is 14.8 Å². The van der Waals surface area contributed by atoms with Gasteiger partial charge in [-0.05, 0) is 30.4 Å². The number of benzene rings is 1. The van der Waals surface area contributed by atoms with Crippen molar-refractivity contribution < 1.29 is 19.1 Å². The molecule has 0 aromatic heterocycles. The predicted molar refractivity (Wildman–Crippen MR) is 84.4 cm³/mol. The van der Waals surface area contributed by atoms with Gasteiger partial charge in [0.1, 0.15) is 5.78 Å². The van der Waals surface area contributed by atoms with E-state index in [0.717, 1.165) is 12.8 Å². The third-order valence-corrected chi connectivity index (χ3v) is 6.77. The molecule has 2 aliphatic carbocycles. The Morgan fingerprint density at radius 1 is 1.13 bits per heavy atom. The molecule has 0 unspecified atom stereocenters. The van der Waals surface area contributed by atoms with Crippen LogP contribution >= 0.6 is 0 Å². The molecule has 1 amide bonds. The van der Waals surface area contributed by atoms with Crippen LogP contribution in [0, 0.1) is 16.2 Å². The van der Waals surface area contributed by atoms with Gasteiger partial charge in [0.25, 0.3) is 0 Å². The van der Waals surface area contributed by atoms with Gasteiger partial charge in [-0.1, -0.05) is 20.8 Å². The number of Topliss-reactive ketones (excluding diaryl/α,β-unsaturated/α-hetero) is 1. The first kappa shape index (κ1) is 14.5. The smallest absolute Gasteiger partial charge is 0.231 e. The largest absolute Gasteiger partial charge is 0.454 e. The van der Waals surface area contributed by atoms with E-state index in [1.807, 2.05) is 6.92 Å². The summed E-state index contributed by atoms with van der Waals surface area (Å²) in [6, 6.07) is 5.37. The molecule has 1 N–H and O–H groups in total. The van der Waals surface area contributed by atoms with Crippen molar-refractivity contribution in [1.82, 2.24) is 0 Å². The van der Waals surface area contributed by atoms with Crippen molar-refractivity contribution in [3.05, 3.63) is 18.2 Å². The van der Waals surface area contributed by atoms with Crippen LogP contribution in [0.1, 0.15) is 40.0 Å². The van der Waals surface area contributed by atoms with Gasteiger partial charge in [0, 0.05) is 23.6 Å². The number of ether oxygens (including phenoxy) is 2. The van der Waals surface area contributed by atoms with Gasteiger partial charge in [0.15, 0.2) is 11.5 Å². The lowest BCUT2D eigenvalue weighted by molar-refractivity contribution is -0.131. The van der Waals surface area contributed by atoms with Crippen molar-refractivity contribution in [2.75, 3.05) is 12.1 Å². The highest BCUT2D eigenvalue weighted by molar-refractivity contribution is 6.04. The second kappa shape index (κ2) is 4.28. The molecule has 0 radical (unpaired) electrons. The van der Waals surface area contributed by atoms with Crippen molar-refractivity contribution in [2.45, 2.75) is 40.0 Å². The maximum Gasteiger partial charge on any atom is 0.231 e. The zero-order valence-corrected chi connectivity index (χ0v) is 13.7. The summed E-state index contributed by atoms with van der Waals surface area (Å²) in [6.07, 6.45) is 1.89. The lowest BCUT2D eigenvalue weighted by atomic mass is 9.64. The molecule has 1 heterocycles. The Labute approximate surface area is 135 Å². The van der Waals surface area contributed by atoms with E-state index in [9.17, 15) is 9.59 Å². The Bertz CT molecular complexity index is 726. The van der Waals surface area contributed by atoms with Gasteiger partial charge < -0.3 is 14.8 Å². The summed E-state index contributed by atoms with van der Waals surface area (Å²) in [5.41, 5.74) is -0.663. The van der Waals surface area contributed by atoms with Crippen molar-refractivity contribution >= 4 is 17.4 Å². The molecule has 2 saturated carbocycles. The number of carbonyl (C=O) groups is 2. The molecule has 23 heavy (non-hydrogen) atoms. The summed E-state index contributed by atoms with van der Waals surface area (Å²) in [6.45, 7) is 6.34. The first-order valence-corrected chi connectivity index (χ1v) is 8.05.